The maximum Gasteiger partial charge on any atom is 0.412 e. The summed E-state index contributed by atoms with van der Waals surface area (Å²) in [5.74, 6) is -1.08. The highest BCUT2D eigenvalue weighted by atomic mass is 16.6. The zero-order valence-corrected chi connectivity index (χ0v) is 16.4. The van der Waals surface area contributed by atoms with Gasteiger partial charge in [0.25, 0.3) is 0 Å². The third-order valence-electron chi connectivity index (χ3n) is 4.91. The van der Waals surface area contributed by atoms with Gasteiger partial charge in [0.05, 0.1) is 14.2 Å². The number of methoxy groups -OCH3 is 2. The summed E-state index contributed by atoms with van der Waals surface area (Å²) in [7, 11) is 2.57. The minimum absolute atomic E-state index is 0.317. The van der Waals surface area contributed by atoms with Gasteiger partial charge in [-0.25, -0.2) is 14.4 Å². The molecule has 1 fully saturated rings. The van der Waals surface area contributed by atoms with Crippen molar-refractivity contribution < 1.29 is 28.6 Å². The van der Waals surface area contributed by atoms with Crippen molar-refractivity contribution in [2.75, 3.05) is 14.2 Å². The van der Waals surface area contributed by atoms with Gasteiger partial charge >= 0.3 is 18.0 Å². The van der Waals surface area contributed by atoms with Gasteiger partial charge in [-0.3, -0.25) is 4.90 Å². The zero-order chi connectivity index (χ0) is 19.5. The number of hydrogen-bond donors (Lipinski definition) is 0. The Labute approximate surface area is 150 Å². The Balaban J connectivity index is 3.59. The Morgan fingerprint density at radius 2 is 1.32 bits per heavy atom. The van der Waals surface area contributed by atoms with Crippen molar-refractivity contribution >= 4 is 18.0 Å². The van der Waals surface area contributed by atoms with Crippen LogP contribution in [0.15, 0.2) is 0 Å². The molecule has 1 rings (SSSR count). The molecule has 0 N–H and O–H groups in total. The number of piperidine rings is 1. The normalized spacial score (nSPS) is 26.8. The van der Waals surface area contributed by atoms with Crippen molar-refractivity contribution in [3.05, 3.63) is 0 Å². The van der Waals surface area contributed by atoms with E-state index in [2.05, 4.69) is 0 Å². The van der Waals surface area contributed by atoms with Crippen LogP contribution in [-0.2, 0) is 23.8 Å². The van der Waals surface area contributed by atoms with E-state index < -0.39 is 34.7 Å². The number of esters is 2. The summed E-state index contributed by atoms with van der Waals surface area (Å²) in [4.78, 5) is 39.8. The number of nitrogens with zero attached hydrogens (tertiary/aromatic N) is 1. The molecule has 0 bridgehead atoms. The van der Waals surface area contributed by atoms with Crippen LogP contribution < -0.4 is 0 Å². The average molecular weight is 357 g/mol. The SMILES string of the molecule is CC[C@@]1(C(=O)OC)CCC[C@@](CC)(C(=O)OC)N1C(=O)OC(C)(C)C. The second kappa shape index (κ2) is 7.62. The molecule has 0 aromatic carbocycles. The van der Waals surface area contributed by atoms with Crippen LogP contribution in [0.4, 0.5) is 4.79 Å². The lowest BCUT2D eigenvalue weighted by molar-refractivity contribution is -0.178. The van der Waals surface area contributed by atoms with E-state index in [0.717, 1.165) is 0 Å². The predicted octanol–water partition coefficient (Wildman–Crippen LogP) is 3.05. The van der Waals surface area contributed by atoms with Gasteiger partial charge in [0.1, 0.15) is 16.7 Å². The molecule has 0 aromatic rings. The highest BCUT2D eigenvalue weighted by Gasteiger charge is 2.61. The summed E-state index contributed by atoms with van der Waals surface area (Å²) >= 11 is 0. The number of likely N-dealkylation sites (tertiary alicyclic amines) is 1. The smallest absolute Gasteiger partial charge is 0.412 e. The van der Waals surface area contributed by atoms with Gasteiger partial charge in [0, 0.05) is 0 Å². The van der Waals surface area contributed by atoms with E-state index in [1.165, 1.54) is 19.1 Å². The molecule has 1 amide bonds. The number of ether oxygens (including phenoxy) is 3. The van der Waals surface area contributed by atoms with E-state index >= 15 is 0 Å². The molecular formula is C18H31NO6. The lowest BCUT2D eigenvalue weighted by Crippen LogP contribution is -2.71. The van der Waals surface area contributed by atoms with E-state index in [-0.39, 0.29) is 0 Å². The topological polar surface area (TPSA) is 82.1 Å². The highest BCUT2D eigenvalue weighted by Crippen LogP contribution is 2.44. The first kappa shape index (κ1) is 21.3. The van der Waals surface area contributed by atoms with Crippen LogP contribution in [0.5, 0.6) is 0 Å². The van der Waals surface area contributed by atoms with Crippen molar-refractivity contribution in [3.63, 3.8) is 0 Å². The first-order valence-corrected chi connectivity index (χ1v) is 8.74. The molecule has 7 heteroatoms. The Morgan fingerprint density at radius 3 is 1.60 bits per heavy atom. The van der Waals surface area contributed by atoms with E-state index in [9.17, 15) is 14.4 Å². The Kier molecular flexibility index (Phi) is 6.48. The Hall–Kier alpha value is -1.79. The molecule has 0 unspecified atom stereocenters. The minimum Gasteiger partial charge on any atom is -0.467 e. The molecule has 144 valence electrons. The number of hydrogen-bond acceptors (Lipinski definition) is 6. The summed E-state index contributed by atoms with van der Waals surface area (Å²) in [6, 6.07) is 0. The third-order valence-corrected chi connectivity index (χ3v) is 4.91. The van der Waals surface area contributed by atoms with E-state index in [4.69, 9.17) is 14.2 Å². The zero-order valence-electron chi connectivity index (χ0n) is 16.4. The van der Waals surface area contributed by atoms with Gasteiger partial charge in [-0.2, -0.15) is 0 Å². The van der Waals surface area contributed by atoms with Crippen LogP contribution in [0.3, 0.4) is 0 Å². The first-order chi connectivity index (χ1) is 11.5. The first-order valence-electron chi connectivity index (χ1n) is 8.74. The fraction of sp³-hybridized carbons (Fsp3) is 0.833. The van der Waals surface area contributed by atoms with Gasteiger partial charge in [-0.15, -0.1) is 0 Å². The summed E-state index contributed by atoms with van der Waals surface area (Å²) < 4.78 is 15.6. The molecule has 1 heterocycles. The van der Waals surface area contributed by atoms with Crippen molar-refractivity contribution in [1.29, 1.82) is 0 Å². The summed E-state index contributed by atoms with van der Waals surface area (Å²) in [5, 5.41) is 0. The van der Waals surface area contributed by atoms with Crippen LogP contribution in [0, 0.1) is 0 Å². The fourth-order valence-electron chi connectivity index (χ4n) is 3.69. The van der Waals surface area contributed by atoms with Gasteiger partial charge in [0.2, 0.25) is 0 Å². The maximum absolute atomic E-state index is 13.1. The van der Waals surface area contributed by atoms with Crippen LogP contribution in [0.2, 0.25) is 0 Å². The summed E-state index contributed by atoms with van der Waals surface area (Å²) in [5.41, 5.74) is -3.27. The fourth-order valence-corrected chi connectivity index (χ4v) is 3.69. The van der Waals surface area contributed by atoms with E-state index in [0.29, 0.717) is 32.1 Å². The predicted molar refractivity (Wildman–Crippen MR) is 92.0 cm³/mol. The van der Waals surface area contributed by atoms with Crippen LogP contribution in [0.1, 0.15) is 66.7 Å². The molecule has 1 saturated heterocycles. The van der Waals surface area contributed by atoms with E-state index in [1.807, 2.05) is 0 Å². The third kappa shape index (κ3) is 3.75. The minimum atomic E-state index is -1.25. The van der Waals surface area contributed by atoms with Crippen molar-refractivity contribution in [3.8, 4) is 0 Å². The number of carbonyl (C=O) groups is 3. The molecule has 0 aromatic heterocycles. The Bertz CT molecular complexity index is 494. The Morgan fingerprint density at radius 1 is 0.920 bits per heavy atom. The molecule has 1 aliphatic heterocycles. The van der Waals surface area contributed by atoms with Gasteiger partial charge in [0.15, 0.2) is 0 Å². The molecule has 0 aliphatic carbocycles. The van der Waals surface area contributed by atoms with Gasteiger partial charge in [-0.1, -0.05) is 13.8 Å². The van der Waals surface area contributed by atoms with Gasteiger partial charge in [-0.05, 0) is 52.9 Å². The summed E-state index contributed by atoms with van der Waals surface area (Å²) in [6.07, 6.45) is 1.36. The standard InChI is InChI=1S/C18H31NO6/c1-8-17(13(20)23-6)11-10-12-18(9-2,14(21)24-7)19(17)15(22)25-16(3,4)5/h8-12H2,1-7H3/t17-,18-/m0/s1. The number of amides is 1. The molecule has 25 heavy (non-hydrogen) atoms. The highest BCUT2D eigenvalue weighted by molar-refractivity contribution is 5.92. The van der Waals surface area contributed by atoms with Crippen molar-refractivity contribution in [2.45, 2.75) is 83.4 Å². The van der Waals surface area contributed by atoms with E-state index in [1.54, 1.807) is 34.6 Å². The molecular weight excluding hydrogens is 326 g/mol. The second-order valence-corrected chi connectivity index (χ2v) is 7.42. The number of rotatable bonds is 4. The lowest BCUT2D eigenvalue weighted by atomic mass is 9.73. The van der Waals surface area contributed by atoms with Crippen molar-refractivity contribution in [1.82, 2.24) is 4.90 Å². The van der Waals surface area contributed by atoms with Crippen LogP contribution >= 0.6 is 0 Å². The van der Waals surface area contributed by atoms with Crippen LogP contribution in [0.25, 0.3) is 0 Å². The van der Waals surface area contributed by atoms with Gasteiger partial charge < -0.3 is 14.2 Å². The molecule has 1 aliphatic rings. The quantitative estimate of drug-likeness (QED) is 0.568. The van der Waals surface area contributed by atoms with Crippen molar-refractivity contribution in [2.24, 2.45) is 0 Å². The lowest BCUT2D eigenvalue weighted by Gasteiger charge is -2.53. The summed E-state index contributed by atoms with van der Waals surface area (Å²) in [6.45, 7) is 8.83. The molecule has 0 saturated carbocycles. The monoisotopic (exact) mass is 357 g/mol. The molecule has 7 nitrogen and oxygen atoms in total. The number of carbonyl (C=O) groups excluding carboxylic acids is 3. The maximum atomic E-state index is 13.1. The second-order valence-electron chi connectivity index (χ2n) is 7.42. The molecule has 0 radical (unpaired) electrons. The average Bonchev–Trinajstić information content (AvgIpc) is 2.57. The van der Waals surface area contributed by atoms with Crippen LogP contribution in [-0.4, -0.2) is 53.8 Å². The largest absolute Gasteiger partial charge is 0.467 e. The molecule has 2 atom stereocenters. The molecule has 0 spiro atoms.